The van der Waals surface area contributed by atoms with Crippen molar-refractivity contribution >= 4 is 0 Å². The predicted molar refractivity (Wildman–Crippen MR) is 71.3 cm³/mol. The molecule has 100 valence electrons. The van der Waals surface area contributed by atoms with Crippen LogP contribution in [0.2, 0.25) is 0 Å². The summed E-state index contributed by atoms with van der Waals surface area (Å²) in [6.45, 7) is 5.67. The smallest absolute Gasteiger partial charge is 0.0699 e. The Hall–Kier alpha value is -0.120. The van der Waals surface area contributed by atoms with Crippen LogP contribution < -0.4 is 10.6 Å². The fraction of sp³-hybridized carbons (Fsp3) is 1.00. The van der Waals surface area contributed by atoms with Gasteiger partial charge >= 0.3 is 0 Å². The van der Waals surface area contributed by atoms with Crippen LogP contribution in [0.4, 0.5) is 0 Å². The molecular formula is C14H28N2O. The lowest BCUT2D eigenvalue weighted by Crippen LogP contribution is -2.32. The lowest BCUT2D eigenvalue weighted by Gasteiger charge is -2.24. The summed E-state index contributed by atoms with van der Waals surface area (Å²) in [6, 6.07) is 0. The SMILES string of the molecule is C1CCC(CNCCCC2CCNCC2)OC1. The summed E-state index contributed by atoms with van der Waals surface area (Å²) in [5.74, 6) is 0.976. The molecule has 2 fully saturated rings. The maximum absolute atomic E-state index is 5.70. The second kappa shape index (κ2) is 8.06. The third kappa shape index (κ3) is 5.36. The monoisotopic (exact) mass is 240 g/mol. The Morgan fingerprint density at radius 3 is 2.76 bits per heavy atom. The van der Waals surface area contributed by atoms with E-state index in [0.717, 1.165) is 19.1 Å². The molecule has 1 unspecified atom stereocenters. The van der Waals surface area contributed by atoms with Crippen molar-refractivity contribution in [3.8, 4) is 0 Å². The van der Waals surface area contributed by atoms with Crippen LogP contribution in [0.15, 0.2) is 0 Å². The van der Waals surface area contributed by atoms with Crippen molar-refractivity contribution < 1.29 is 4.74 Å². The van der Waals surface area contributed by atoms with Gasteiger partial charge in [0.05, 0.1) is 6.10 Å². The molecule has 2 heterocycles. The van der Waals surface area contributed by atoms with E-state index in [0.29, 0.717) is 6.10 Å². The van der Waals surface area contributed by atoms with Crippen LogP contribution in [0.25, 0.3) is 0 Å². The molecule has 0 aromatic carbocycles. The van der Waals surface area contributed by atoms with E-state index < -0.39 is 0 Å². The molecule has 2 rings (SSSR count). The van der Waals surface area contributed by atoms with Gasteiger partial charge in [-0.1, -0.05) is 0 Å². The minimum atomic E-state index is 0.489. The first-order chi connectivity index (χ1) is 8.45. The molecule has 0 aromatic rings. The average Bonchev–Trinajstić information content (AvgIpc) is 2.41. The molecule has 0 aliphatic carbocycles. The molecule has 2 saturated heterocycles. The minimum absolute atomic E-state index is 0.489. The van der Waals surface area contributed by atoms with Crippen molar-refractivity contribution in [3.63, 3.8) is 0 Å². The highest BCUT2D eigenvalue weighted by Crippen LogP contribution is 2.17. The van der Waals surface area contributed by atoms with Crippen LogP contribution in [-0.4, -0.2) is 38.9 Å². The first-order valence-corrected chi connectivity index (χ1v) is 7.48. The summed E-state index contributed by atoms with van der Waals surface area (Å²) in [5, 5.41) is 6.98. The Bertz CT molecular complexity index is 167. The molecule has 2 aliphatic rings. The van der Waals surface area contributed by atoms with E-state index in [4.69, 9.17) is 4.74 Å². The normalized spacial score (nSPS) is 27.2. The van der Waals surface area contributed by atoms with Crippen LogP contribution in [-0.2, 0) is 4.74 Å². The fourth-order valence-corrected chi connectivity index (χ4v) is 2.92. The van der Waals surface area contributed by atoms with Crippen molar-refractivity contribution in [2.24, 2.45) is 5.92 Å². The Morgan fingerprint density at radius 1 is 1.12 bits per heavy atom. The molecule has 0 aromatic heterocycles. The lowest BCUT2D eigenvalue weighted by atomic mass is 9.93. The molecule has 0 saturated carbocycles. The zero-order valence-corrected chi connectivity index (χ0v) is 11.0. The third-order valence-corrected chi connectivity index (χ3v) is 4.07. The van der Waals surface area contributed by atoms with Crippen LogP contribution in [0.1, 0.15) is 44.9 Å². The van der Waals surface area contributed by atoms with Crippen molar-refractivity contribution in [2.75, 3.05) is 32.8 Å². The summed E-state index contributed by atoms with van der Waals surface area (Å²) in [5.41, 5.74) is 0. The third-order valence-electron chi connectivity index (χ3n) is 4.07. The van der Waals surface area contributed by atoms with E-state index in [2.05, 4.69) is 10.6 Å². The van der Waals surface area contributed by atoms with Gasteiger partial charge in [-0.2, -0.15) is 0 Å². The van der Waals surface area contributed by atoms with Gasteiger partial charge in [-0.3, -0.25) is 0 Å². The Labute approximate surface area is 106 Å². The lowest BCUT2D eigenvalue weighted by molar-refractivity contribution is 0.0170. The van der Waals surface area contributed by atoms with Crippen molar-refractivity contribution in [1.82, 2.24) is 10.6 Å². The molecular weight excluding hydrogens is 212 g/mol. The number of piperidine rings is 1. The summed E-state index contributed by atoms with van der Waals surface area (Å²) >= 11 is 0. The first-order valence-electron chi connectivity index (χ1n) is 7.48. The zero-order valence-electron chi connectivity index (χ0n) is 11.0. The average molecular weight is 240 g/mol. The fourth-order valence-electron chi connectivity index (χ4n) is 2.92. The summed E-state index contributed by atoms with van der Waals surface area (Å²) in [7, 11) is 0. The Kier molecular flexibility index (Phi) is 6.32. The molecule has 3 heteroatoms. The predicted octanol–water partition coefficient (Wildman–Crippen LogP) is 1.92. The molecule has 0 spiro atoms. The van der Waals surface area contributed by atoms with Gasteiger partial charge in [0.15, 0.2) is 0 Å². The number of rotatable bonds is 6. The van der Waals surface area contributed by atoms with Crippen LogP contribution >= 0.6 is 0 Å². The highest BCUT2D eigenvalue weighted by Gasteiger charge is 2.14. The summed E-state index contributed by atoms with van der Waals surface area (Å²) in [4.78, 5) is 0. The molecule has 0 amide bonds. The Morgan fingerprint density at radius 2 is 2.00 bits per heavy atom. The Balaban J connectivity index is 1.42. The molecule has 0 radical (unpaired) electrons. The van der Waals surface area contributed by atoms with E-state index in [9.17, 15) is 0 Å². The maximum atomic E-state index is 5.70. The van der Waals surface area contributed by atoms with Gasteiger partial charge in [0, 0.05) is 13.2 Å². The standard InChI is InChI=1S/C14H28N2O/c1-2-11-17-14(5-1)12-16-8-3-4-13-6-9-15-10-7-13/h13-16H,1-12H2. The van der Waals surface area contributed by atoms with Crippen molar-refractivity contribution in [1.29, 1.82) is 0 Å². The minimum Gasteiger partial charge on any atom is -0.377 e. The second-order valence-electron chi connectivity index (χ2n) is 5.53. The van der Waals surface area contributed by atoms with Gasteiger partial charge in [0.1, 0.15) is 0 Å². The molecule has 2 aliphatic heterocycles. The quantitative estimate of drug-likeness (QED) is 0.696. The molecule has 2 N–H and O–H groups in total. The van der Waals surface area contributed by atoms with E-state index in [1.54, 1.807) is 0 Å². The van der Waals surface area contributed by atoms with Gasteiger partial charge in [-0.05, 0) is 70.5 Å². The summed E-state index contributed by atoms with van der Waals surface area (Å²) < 4.78 is 5.70. The van der Waals surface area contributed by atoms with Crippen LogP contribution in [0.3, 0.4) is 0 Å². The molecule has 0 bridgehead atoms. The van der Waals surface area contributed by atoms with E-state index in [1.807, 2.05) is 0 Å². The number of hydrogen-bond donors (Lipinski definition) is 2. The van der Waals surface area contributed by atoms with Crippen LogP contribution in [0.5, 0.6) is 0 Å². The zero-order chi connectivity index (χ0) is 11.8. The highest BCUT2D eigenvalue weighted by molar-refractivity contribution is 4.70. The summed E-state index contributed by atoms with van der Waals surface area (Å²) in [6.07, 6.45) is 9.84. The molecule has 1 atom stereocenters. The van der Waals surface area contributed by atoms with E-state index in [1.165, 1.54) is 64.6 Å². The van der Waals surface area contributed by atoms with Gasteiger partial charge in [-0.25, -0.2) is 0 Å². The molecule has 17 heavy (non-hydrogen) atoms. The second-order valence-corrected chi connectivity index (χ2v) is 5.53. The maximum Gasteiger partial charge on any atom is 0.0699 e. The van der Waals surface area contributed by atoms with Gasteiger partial charge in [0.2, 0.25) is 0 Å². The first kappa shape index (κ1) is 13.3. The van der Waals surface area contributed by atoms with Gasteiger partial charge in [0.25, 0.3) is 0 Å². The van der Waals surface area contributed by atoms with E-state index >= 15 is 0 Å². The van der Waals surface area contributed by atoms with E-state index in [-0.39, 0.29) is 0 Å². The largest absolute Gasteiger partial charge is 0.377 e. The van der Waals surface area contributed by atoms with Gasteiger partial charge < -0.3 is 15.4 Å². The van der Waals surface area contributed by atoms with Crippen LogP contribution in [0, 0.1) is 5.92 Å². The molecule has 3 nitrogen and oxygen atoms in total. The van der Waals surface area contributed by atoms with Crippen molar-refractivity contribution in [2.45, 2.75) is 51.0 Å². The number of hydrogen-bond acceptors (Lipinski definition) is 3. The number of ether oxygens (including phenoxy) is 1. The highest BCUT2D eigenvalue weighted by atomic mass is 16.5. The number of nitrogens with one attached hydrogen (secondary N) is 2. The topological polar surface area (TPSA) is 33.3 Å². The van der Waals surface area contributed by atoms with Crippen molar-refractivity contribution in [3.05, 3.63) is 0 Å². The van der Waals surface area contributed by atoms with Gasteiger partial charge in [-0.15, -0.1) is 0 Å².